The van der Waals surface area contributed by atoms with Gasteiger partial charge in [-0.1, -0.05) is 0 Å². The second-order valence-corrected chi connectivity index (χ2v) is 4.36. The van der Waals surface area contributed by atoms with Crippen molar-refractivity contribution in [1.82, 2.24) is 14.6 Å². The molecule has 2 N–H and O–H groups in total. The van der Waals surface area contributed by atoms with E-state index in [1.165, 1.54) is 0 Å². The molecule has 2 aromatic rings. The molecule has 18 heavy (non-hydrogen) atoms. The van der Waals surface area contributed by atoms with Crippen LogP contribution in [0.2, 0.25) is 0 Å². The van der Waals surface area contributed by atoms with E-state index in [1.54, 1.807) is 0 Å². The van der Waals surface area contributed by atoms with Gasteiger partial charge in [0.25, 0.3) is 0 Å². The Kier molecular flexibility index (Phi) is 3.12. The van der Waals surface area contributed by atoms with Gasteiger partial charge >= 0.3 is 0 Å². The fourth-order valence-electron chi connectivity index (χ4n) is 2.15. The maximum atomic E-state index is 5.54. The van der Waals surface area contributed by atoms with Gasteiger partial charge in [0.1, 0.15) is 5.82 Å². The van der Waals surface area contributed by atoms with Crippen molar-refractivity contribution in [3.05, 3.63) is 24.0 Å². The van der Waals surface area contributed by atoms with Crippen molar-refractivity contribution in [3.8, 4) is 0 Å². The SMILES string of the molecule is NCCc1cn2nc(N3CCOCC3)ccc2n1. The number of fused-ring (bicyclic) bond motifs is 1. The van der Waals surface area contributed by atoms with E-state index in [-0.39, 0.29) is 0 Å². The van der Waals surface area contributed by atoms with Crippen LogP contribution in [0, 0.1) is 0 Å². The van der Waals surface area contributed by atoms with Crippen LogP contribution in [0.4, 0.5) is 5.82 Å². The van der Waals surface area contributed by atoms with E-state index in [9.17, 15) is 0 Å². The molecule has 2 aromatic heterocycles. The molecule has 1 aliphatic rings. The standard InChI is InChI=1S/C12H17N5O/c13-4-3-10-9-17-11(14-10)1-2-12(15-17)16-5-7-18-8-6-16/h1-2,9H,3-8,13H2. The minimum Gasteiger partial charge on any atom is -0.378 e. The largest absolute Gasteiger partial charge is 0.378 e. The van der Waals surface area contributed by atoms with Crippen LogP contribution in [-0.2, 0) is 11.2 Å². The summed E-state index contributed by atoms with van der Waals surface area (Å²) in [6.07, 6.45) is 2.74. The Hall–Kier alpha value is -1.66. The summed E-state index contributed by atoms with van der Waals surface area (Å²) < 4.78 is 7.17. The van der Waals surface area contributed by atoms with Crippen molar-refractivity contribution < 1.29 is 4.74 Å². The number of hydrogen-bond acceptors (Lipinski definition) is 5. The number of hydrogen-bond donors (Lipinski definition) is 1. The topological polar surface area (TPSA) is 68.7 Å². The van der Waals surface area contributed by atoms with Crippen molar-refractivity contribution >= 4 is 11.5 Å². The molecule has 0 bridgehead atoms. The van der Waals surface area contributed by atoms with E-state index in [1.807, 2.05) is 22.8 Å². The zero-order chi connectivity index (χ0) is 12.4. The number of nitrogens with two attached hydrogens (primary N) is 1. The quantitative estimate of drug-likeness (QED) is 0.831. The van der Waals surface area contributed by atoms with Gasteiger partial charge in [-0.25, -0.2) is 9.50 Å². The van der Waals surface area contributed by atoms with Crippen LogP contribution in [0.15, 0.2) is 18.3 Å². The highest BCUT2D eigenvalue weighted by atomic mass is 16.5. The first kappa shape index (κ1) is 11.4. The van der Waals surface area contributed by atoms with Crippen LogP contribution in [0.5, 0.6) is 0 Å². The first-order chi connectivity index (χ1) is 8.86. The van der Waals surface area contributed by atoms with Crippen LogP contribution in [0.25, 0.3) is 5.65 Å². The molecule has 0 unspecified atom stereocenters. The van der Waals surface area contributed by atoms with E-state index in [0.29, 0.717) is 6.54 Å². The smallest absolute Gasteiger partial charge is 0.153 e. The van der Waals surface area contributed by atoms with Gasteiger partial charge in [0.2, 0.25) is 0 Å². The highest BCUT2D eigenvalue weighted by molar-refractivity contribution is 5.46. The molecule has 3 heterocycles. The Morgan fingerprint density at radius 3 is 2.89 bits per heavy atom. The van der Waals surface area contributed by atoms with Gasteiger partial charge in [0.15, 0.2) is 5.65 Å². The minimum absolute atomic E-state index is 0.611. The van der Waals surface area contributed by atoms with Gasteiger partial charge in [-0.15, -0.1) is 5.10 Å². The molecular formula is C12H17N5O. The molecule has 1 saturated heterocycles. The van der Waals surface area contributed by atoms with E-state index in [2.05, 4.69) is 15.0 Å². The Bertz CT molecular complexity index is 532. The number of rotatable bonds is 3. The lowest BCUT2D eigenvalue weighted by Crippen LogP contribution is -2.36. The van der Waals surface area contributed by atoms with Gasteiger partial charge in [0.05, 0.1) is 25.1 Å². The third kappa shape index (κ3) is 2.16. The zero-order valence-electron chi connectivity index (χ0n) is 10.2. The Morgan fingerprint density at radius 2 is 2.11 bits per heavy atom. The molecule has 0 spiro atoms. The number of nitrogens with zero attached hydrogens (tertiary/aromatic N) is 4. The molecule has 0 aromatic carbocycles. The van der Waals surface area contributed by atoms with Crippen molar-refractivity contribution in [2.45, 2.75) is 6.42 Å². The molecular weight excluding hydrogens is 230 g/mol. The van der Waals surface area contributed by atoms with Gasteiger partial charge in [0, 0.05) is 19.5 Å². The second kappa shape index (κ2) is 4.91. The molecule has 6 nitrogen and oxygen atoms in total. The maximum Gasteiger partial charge on any atom is 0.153 e. The molecule has 1 aliphatic heterocycles. The molecule has 0 aliphatic carbocycles. The monoisotopic (exact) mass is 247 g/mol. The normalized spacial score (nSPS) is 16.4. The maximum absolute atomic E-state index is 5.54. The van der Waals surface area contributed by atoms with Crippen LogP contribution in [0.1, 0.15) is 5.69 Å². The summed E-state index contributed by atoms with van der Waals surface area (Å²) in [5, 5.41) is 4.59. The predicted molar refractivity (Wildman–Crippen MR) is 68.8 cm³/mol. The Balaban J connectivity index is 1.89. The highest BCUT2D eigenvalue weighted by Gasteiger charge is 2.13. The third-order valence-electron chi connectivity index (χ3n) is 3.09. The number of anilines is 1. The lowest BCUT2D eigenvalue weighted by molar-refractivity contribution is 0.122. The fraction of sp³-hybridized carbons (Fsp3) is 0.500. The van der Waals surface area contributed by atoms with Crippen LogP contribution in [0.3, 0.4) is 0 Å². The minimum atomic E-state index is 0.611. The van der Waals surface area contributed by atoms with E-state index >= 15 is 0 Å². The predicted octanol–water partition coefficient (Wildman–Crippen LogP) is 0.0671. The van der Waals surface area contributed by atoms with Crippen molar-refractivity contribution in [2.75, 3.05) is 37.7 Å². The first-order valence-electron chi connectivity index (χ1n) is 6.25. The summed E-state index contributed by atoms with van der Waals surface area (Å²) in [5.74, 6) is 0.975. The van der Waals surface area contributed by atoms with Crippen molar-refractivity contribution in [1.29, 1.82) is 0 Å². The molecule has 0 atom stereocenters. The van der Waals surface area contributed by atoms with Gasteiger partial charge in [-0.05, 0) is 18.7 Å². The number of aromatic nitrogens is 3. The summed E-state index contributed by atoms with van der Waals surface area (Å²) in [6, 6.07) is 4.01. The summed E-state index contributed by atoms with van der Waals surface area (Å²) in [4.78, 5) is 6.69. The summed E-state index contributed by atoms with van der Waals surface area (Å²) in [5.41, 5.74) is 7.40. The lowest BCUT2D eigenvalue weighted by Gasteiger charge is -2.27. The summed E-state index contributed by atoms with van der Waals surface area (Å²) >= 11 is 0. The summed E-state index contributed by atoms with van der Waals surface area (Å²) in [6.45, 7) is 3.93. The first-order valence-corrected chi connectivity index (χ1v) is 6.25. The second-order valence-electron chi connectivity index (χ2n) is 4.36. The molecule has 0 amide bonds. The number of imidazole rings is 1. The molecule has 0 radical (unpaired) electrons. The Morgan fingerprint density at radius 1 is 1.28 bits per heavy atom. The van der Waals surface area contributed by atoms with E-state index in [0.717, 1.165) is 49.9 Å². The van der Waals surface area contributed by atoms with Gasteiger partial charge in [-0.2, -0.15) is 0 Å². The van der Waals surface area contributed by atoms with Crippen LogP contribution in [-0.4, -0.2) is 47.4 Å². The average Bonchev–Trinajstić information content (AvgIpc) is 2.81. The number of morpholine rings is 1. The highest BCUT2D eigenvalue weighted by Crippen LogP contribution is 2.14. The van der Waals surface area contributed by atoms with Crippen LogP contribution >= 0.6 is 0 Å². The molecule has 3 rings (SSSR count). The fourth-order valence-corrected chi connectivity index (χ4v) is 2.15. The molecule has 0 saturated carbocycles. The van der Waals surface area contributed by atoms with Gasteiger partial charge in [-0.3, -0.25) is 0 Å². The van der Waals surface area contributed by atoms with E-state index < -0.39 is 0 Å². The Labute approximate surface area is 105 Å². The molecule has 6 heteroatoms. The summed E-state index contributed by atoms with van der Waals surface area (Å²) in [7, 11) is 0. The number of ether oxygens (including phenoxy) is 1. The van der Waals surface area contributed by atoms with Crippen LogP contribution < -0.4 is 10.6 Å². The lowest BCUT2D eigenvalue weighted by atomic mass is 10.3. The molecule has 96 valence electrons. The average molecular weight is 247 g/mol. The van der Waals surface area contributed by atoms with Crippen molar-refractivity contribution in [2.24, 2.45) is 5.73 Å². The third-order valence-corrected chi connectivity index (χ3v) is 3.09. The zero-order valence-corrected chi connectivity index (χ0v) is 10.2. The van der Waals surface area contributed by atoms with Gasteiger partial charge < -0.3 is 15.4 Å². The van der Waals surface area contributed by atoms with Crippen molar-refractivity contribution in [3.63, 3.8) is 0 Å². The molecule has 1 fully saturated rings. The van der Waals surface area contributed by atoms with E-state index in [4.69, 9.17) is 10.5 Å².